The molecule has 1 fully saturated rings. The van der Waals surface area contributed by atoms with E-state index >= 15 is 0 Å². The molecule has 0 unspecified atom stereocenters. The van der Waals surface area contributed by atoms with Gasteiger partial charge < -0.3 is 14.7 Å². The Morgan fingerprint density at radius 3 is 2.29 bits per heavy atom. The molecule has 192 valence electrons. The minimum Gasteiger partial charge on any atom is -0.478 e. The number of nitrogens with zero attached hydrogens (tertiary/aromatic N) is 3. The van der Waals surface area contributed by atoms with Crippen LogP contribution in [0.5, 0.6) is 0 Å². The standard InChI is InChI=1S/C29H25N3O6/c1-38-29(37)21-10-8-18(9-11-21)17-32-25(30-23-6-3-2-5-22(23)27(32)34)24-7-4-16-31(24)26(33)19-12-14-20(15-13-19)28(35)36/h2-3,5-6,8-15,24H,4,7,16-17H2,1H3,(H,35,36)/t24-/m0/s1. The van der Waals surface area contributed by atoms with E-state index in [2.05, 4.69) is 0 Å². The van der Waals surface area contributed by atoms with E-state index in [0.717, 1.165) is 12.0 Å². The Morgan fingerprint density at radius 1 is 0.947 bits per heavy atom. The number of carboxylic acids is 1. The van der Waals surface area contributed by atoms with Crippen molar-refractivity contribution in [3.05, 3.63) is 111 Å². The summed E-state index contributed by atoms with van der Waals surface area (Å²) < 4.78 is 6.36. The molecule has 0 saturated carbocycles. The van der Waals surface area contributed by atoms with Crippen LogP contribution in [0, 0.1) is 0 Å². The van der Waals surface area contributed by atoms with Crippen LogP contribution in [-0.2, 0) is 11.3 Å². The van der Waals surface area contributed by atoms with E-state index < -0.39 is 18.0 Å². The Balaban J connectivity index is 1.55. The molecule has 0 radical (unpaired) electrons. The van der Waals surface area contributed by atoms with E-state index in [1.165, 1.54) is 31.4 Å². The lowest BCUT2D eigenvalue weighted by atomic mass is 10.1. The van der Waals surface area contributed by atoms with Crippen molar-refractivity contribution < 1.29 is 24.2 Å². The van der Waals surface area contributed by atoms with Gasteiger partial charge in [0.2, 0.25) is 0 Å². The fourth-order valence-corrected chi connectivity index (χ4v) is 4.84. The second kappa shape index (κ2) is 10.3. The Labute approximate surface area is 217 Å². The van der Waals surface area contributed by atoms with Crippen LogP contribution in [0.3, 0.4) is 0 Å². The summed E-state index contributed by atoms with van der Waals surface area (Å²) >= 11 is 0. The highest BCUT2D eigenvalue weighted by Gasteiger charge is 2.34. The highest BCUT2D eigenvalue weighted by atomic mass is 16.5. The number of methoxy groups -OCH3 is 1. The fourth-order valence-electron chi connectivity index (χ4n) is 4.84. The summed E-state index contributed by atoms with van der Waals surface area (Å²) in [7, 11) is 1.32. The predicted molar refractivity (Wildman–Crippen MR) is 139 cm³/mol. The van der Waals surface area contributed by atoms with Crippen molar-refractivity contribution in [1.82, 2.24) is 14.5 Å². The van der Waals surface area contributed by atoms with E-state index in [1.54, 1.807) is 51.9 Å². The number of benzene rings is 3. The van der Waals surface area contributed by atoms with Crippen LogP contribution >= 0.6 is 0 Å². The second-order valence-corrected chi connectivity index (χ2v) is 9.11. The molecule has 0 spiro atoms. The van der Waals surface area contributed by atoms with E-state index in [-0.39, 0.29) is 23.6 Å². The highest BCUT2D eigenvalue weighted by Crippen LogP contribution is 2.33. The number of aromatic carboxylic acids is 1. The fraction of sp³-hybridized carbons (Fsp3) is 0.207. The van der Waals surface area contributed by atoms with Gasteiger partial charge in [0.05, 0.1) is 41.7 Å². The summed E-state index contributed by atoms with van der Waals surface area (Å²) in [6.45, 7) is 0.694. The molecule has 9 nitrogen and oxygen atoms in total. The van der Waals surface area contributed by atoms with Crippen molar-refractivity contribution >= 4 is 28.7 Å². The van der Waals surface area contributed by atoms with E-state index in [1.807, 2.05) is 6.07 Å². The zero-order valence-electron chi connectivity index (χ0n) is 20.7. The van der Waals surface area contributed by atoms with Crippen molar-refractivity contribution in [2.24, 2.45) is 0 Å². The first-order valence-electron chi connectivity index (χ1n) is 12.2. The number of carboxylic acid groups (broad SMARTS) is 1. The number of aromatic nitrogens is 2. The molecule has 5 rings (SSSR count). The smallest absolute Gasteiger partial charge is 0.337 e. The number of fused-ring (bicyclic) bond motifs is 1. The normalized spacial score (nSPS) is 15.0. The molecular formula is C29H25N3O6. The molecule has 0 bridgehead atoms. The largest absolute Gasteiger partial charge is 0.478 e. The van der Waals surface area contributed by atoms with Crippen molar-refractivity contribution in [3.63, 3.8) is 0 Å². The van der Waals surface area contributed by atoms with Gasteiger partial charge in [0.1, 0.15) is 5.82 Å². The molecule has 0 aliphatic carbocycles. The molecule has 2 heterocycles. The Hall–Kier alpha value is -4.79. The molecule has 3 aromatic carbocycles. The number of carbonyl (C=O) groups is 3. The maximum absolute atomic E-state index is 13.7. The van der Waals surface area contributed by atoms with Gasteiger partial charge in [-0.25, -0.2) is 14.6 Å². The molecule has 1 amide bonds. The van der Waals surface area contributed by atoms with E-state index in [0.29, 0.717) is 40.8 Å². The number of esters is 1. The lowest BCUT2D eigenvalue weighted by Gasteiger charge is -2.27. The van der Waals surface area contributed by atoms with Gasteiger partial charge >= 0.3 is 11.9 Å². The lowest BCUT2D eigenvalue weighted by molar-refractivity contribution is 0.0599. The third kappa shape index (κ3) is 4.66. The number of ether oxygens (including phenoxy) is 1. The molecule has 9 heteroatoms. The second-order valence-electron chi connectivity index (χ2n) is 9.11. The maximum Gasteiger partial charge on any atom is 0.337 e. The first-order valence-corrected chi connectivity index (χ1v) is 12.2. The minimum atomic E-state index is -1.06. The van der Waals surface area contributed by atoms with Gasteiger partial charge in [-0.15, -0.1) is 0 Å². The van der Waals surface area contributed by atoms with Gasteiger partial charge in [-0.3, -0.25) is 14.2 Å². The van der Waals surface area contributed by atoms with Gasteiger partial charge in [0.25, 0.3) is 11.5 Å². The predicted octanol–water partition coefficient (Wildman–Crippen LogP) is 3.91. The molecule has 38 heavy (non-hydrogen) atoms. The molecule has 1 aliphatic rings. The van der Waals surface area contributed by atoms with Crippen LogP contribution in [0.15, 0.2) is 77.6 Å². The number of rotatable bonds is 6. The average molecular weight is 512 g/mol. The molecule has 1 atom stereocenters. The maximum atomic E-state index is 13.7. The zero-order valence-corrected chi connectivity index (χ0v) is 20.7. The third-order valence-electron chi connectivity index (χ3n) is 6.80. The van der Waals surface area contributed by atoms with Crippen molar-refractivity contribution in [2.75, 3.05) is 13.7 Å². The number of carbonyl (C=O) groups excluding carboxylic acids is 2. The summed E-state index contributed by atoms with van der Waals surface area (Å²) in [5, 5.41) is 9.65. The minimum absolute atomic E-state index is 0.0998. The molecule has 4 aromatic rings. The van der Waals surface area contributed by atoms with Gasteiger partial charge in [0.15, 0.2) is 0 Å². The zero-order chi connectivity index (χ0) is 26.8. The third-order valence-corrected chi connectivity index (χ3v) is 6.80. The summed E-state index contributed by atoms with van der Waals surface area (Å²) in [4.78, 5) is 56.7. The Kier molecular flexibility index (Phi) is 6.74. The summed E-state index contributed by atoms with van der Waals surface area (Å²) in [5.74, 6) is -1.27. The summed E-state index contributed by atoms with van der Waals surface area (Å²) in [5.41, 5.74) is 2.00. The lowest BCUT2D eigenvalue weighted by Crippen LogP contribution is -2.35. The number of hydrogen-bond acceptors (Lipinski definition) is 6. The van der Waals surface area contributed by atoms with Crippen LogP contribution in [0.1, 0.15) is 61.3 Å². The van der Waals surface area contributed by atoms with E-state index in [4.69, 9.17) is 9.72 Å². The van der Waals surface area contributed by atoms with Crippen LogP contribution in [0.4, 0.5) is 0 Å². The first kappa shape index (κ1) is 24.9. The summed E-state index contributed by atoms with van der Waals surface area (Å²) in [6, 6.07) is 19.3. The van der Waals surface area contributed by atoms with Gasteiger partial charge in [0, 0.05) is 12.1 Å². The topological polar surface area (TPSA) is 119 Å². The number of likely N-dealkylation sites (tertiary alicyclic amines) is 1. The molecular weight excluding hydrogens is 486 g/mol. The molecule has 1 aromatic heterocycles. The summed E-state index contributed by atoms with van der Waals surface area (Å²) in [6.07, 6.45) is 1.37. The number of hydrogen-bond donors (Lipinski definition) is 1. The Morgan fingerprint density at radius 2 is 1.61 bits per heavy atom. The highest BCUT2D eigenvalue weighted by molar-refractivity contribution is 5.96. The number of para-hydroxylation sites is 1. The molecule has 1 aliphatic heterocycles. The van der Waals surface area contributed by atoms with Crippen LogP contribution in [-0.4, -0.2) is 51.1 Å². The Bertz CT molecular complexity index is 1590. The van der Waals surface area contributed by atoms with Crippen molar-refractivity contribution in [3.8, 4) is 0 Å². The van der Waals surface area contributed by atoms with Gasteiger partial charge in [-0.2, -0.15) is 0 Å². The quantitative estimate of drug-likeness (QED) is 0.390. The first-order chi connectivity index (χ1) is 18.4. The average Bonchev–Trinajstić information content (AvgIpc) is 3.44. The van der Waals surface area contributed by atoms with Crippen LogP contribution in [0.2, 0.25) is 0 Å². The van der Waals surface area contributed by atoms with Crippen molar-refractivity contribution in [2.45, 2.75) is 25.4 Å². The van der Waals surface area contributed by atoms with E-state index in [9.17, 15) is 24.3 Å². The van der Waals surface area contributed by atoms with Gasteiger partial charge in [-0.1, -0.05) is 24.3 Å². The monoisotopic (exact) mass is 511 g/mol. The van der Waals surface area contributed by atoms with Crippen LogP contribution in [0.25, 0.3) is 10.9 Å². The van der Waals surface area contributed by atoms with Crippen molar-refractivity contribution in [1.29, 1.82) is 0 Å². The molecule has 1 N–H and O–H groups in total. The number of amides is 1. The SMILES string of the molecule is COC(=O)c1ccc(Cn2c([C@@H]3CCCN3C(=O)c3ccc(C(=O)O)cc3)nc3ccccc3c2=O)cc1. The van der Waals surface area contributed by atoms with Crippen LogP contribution < -0.4 is 5.56 Å². The van der Waals surface area contributed by atoms with Gasteiger partial charge in [-0.05, 0) is 66.9 Å². The molecule has 1 saturated heterocycles.